The van der Waals surface area contributed by atoms with Gasteiger partial charge in [0.05, 0.1) is 6.61 Å². The zero-order valence-corrected chi connectivity index (χ0v) is 14.9. The summed E-state index contributed by atoms with van der Waals surface area (Å²) < 4.78 is 13.9. The number of imidazole rings is 1. The number of methoxy groups -OCH3 is 1. The second-order valence-corrected chi connectivity index (χ2v) is 6.50. The van der Waals surface area contributed by atoms with E-state index in [9.17, 15) is 9.59 Å². The molecule has 0 saturated heterocycles. The Morgan fingerprint density at radius 1 is 1.27 bits per heavy atom. The van der Waals surface area contributed by atoms with Crippen LogP contribution in [0.5, 0.6) is 0 Å². The van der Waals surface area contributed by atoms with Crippen molar-refractivity contribution in [3.8, 4) is 0 Å². The molecule has 0 fully saturated rings. The maximum absolute atomic E-state index is 12.3. The molecule has 134 valence electrons. The van der Waals surface area contributed by atoms with E-state index < -0.39 is 11.2 Å². The lowest BCUT2D eigenvalue weighted by molar-refractivity contribution is 0.186. The molecule has 1 aromatic carbocycles. The summed E-state index contributed by atoms with van der Waals surface area (Å²) in [6.45, 7) is 0.783. The van der Waals surface area contributed by atoms with E-state index in [0.29, 0.717) is 40.3 Å². The van der Waals surface area contributed by atoms with Gasteiger partial charge < -0.3 is 13.7 Å². The molecule has 0 aliphatic heterocycles. The Balaban J connectivity index is 1.87. The molecule has 3 aromatic heterocycles. The lowest BCUT2D eigenvalue weighted by Crippen LogP contribution is -2.29. The van der Waals surface area contributed by atoms with E-state index in [1.54, 1.807) is 18.7 Å². The Kier molecular flexibility index (Phi) is 4.13. The molecule has 0 radical (unpaired) electrons. The average molecular weight is 373 g/mol. The number of benzene rings is 1. The summed E-state index contributed by atoms with van der Waals surface area (Å²) in [5.74, 6) is 0. The topological polar surface area (TPSA) is 108 Å². The summed E-state index contributed by atoms with van der Waals surface area (Å²) in [4.78, 5) is 35.4. The van der Waals surface area contributed by atoms with Crippen molar-refractivity contribution in [2.24, 2.45) is 7.05 Å². The summed E-state index contributed by atoms with van der Waals surface area (Å²) in [6, 6.07) is 7.42. The van der Waals surface area contributed by atoms with Crippen LogP contribution in [-0.2, 0) is 18.3 Å². The van der Waals surface area contributed by atoms with E-state index in [1.165, 1.54) is 16.3 Å². The van der Waals surface area contributed by atoms with Crippen molar-refractivity contribution in [2.75, 3.05) is 13.7 Å². The SMILES string of the molecule is COCCn1c(Sc2nc3ccccc3o2)nc2c1c(=O)[nH]c(=O)n2C. The van der Waals surface area contributed by atoms with Crippen molar-refractivity contribution in [1.29, 1.82) is 0 Å². The van der Waals surface area contributed by atoms with Gasteiger partial charge in [-0.25, -0.2) is 14.8 Å². The second kappa shape index (κ2) is 6.46. The molecule has 0 unspecified atom stereocenters. The first-order chi connectivity index (χ1) is 12.6. The van der Waals surface area contributed by atoms with Crippen molar-refractivity contribution in [2.45, 2.75) is 16.9 Å². The van der Waals surface area contributed by atoms with Crippen molar-refractivity contribution in [3.63, 3.8) is 0 Å². The summed E-state index contributed by atoms with van der Waals surface area (Å²) in [6.07, 6.45) is 0. The highest BCUT2D eigenvalue weighted by Crippen LogP contribution is 2.30. The smallest absolute Gasteiger partial charge is 0.329 e. The first kappa shape index (κ1) is 16.6. The maximum Gasteiger partial charge on any atom is 0.329 e. The highest BCUT2D eigenvalue weighted by Gasteiger charge is 2.20. The molecule has 1 N–H and O–H groups in total. The van der Waals surface area contributed by atoms with Gasteiger partial charge in [-0.15, -0.1) is 0 Å². The Labute approximate surface area is 150 Å². The van der Waals surface area contributed by atoms with Gasteiger partial charge in [0, 0.05) is 32.5 Å². The highest BCUT2D eigenvalue weighted by atomic mass is 32.2. The second-order valence-electron chi connectivity index (χ2n) is 5.58. The minimum Gasteiger partial charge on any atom is -0.431 e. The summed E-state index contributed by atoms with van der Waals surface area (Å²) in [5.41, 5.74) is 1.00. The van der Waals surface area contributed by atoms with Gasteiger partial charge in [-0.2, -0.15) is 0 Å². The van der Waals surface area contributed by atoms with Crippen molar-refractivity contribution >= 4 is 34.0 Å². The largest absolute Gasteiger partial charge is 0.431 e. The third kappa shape index (κ3) is 2.72. The number of rotatable bonds is 5. The van der Waals surface area contributed by atoms with Gasteiger partial charge >= 0.3 is 5.69 Å². The number of nitrogens with one attached hydrogen (secondary N) is 1. The molecule has 9 nitrogen and oxygen atoms in total. The van der Waals surface area contributed by atoms with Crippen LogP contribution >= 0.6 is 11.8 Å². The Bertz CT molecular complexity index is 1190. The molecule has 0 spiro atoms. The van der Waals surface area contributed by atoms with Gasteiger partial charge in [-0.05, 0) is 12.1 Å². The van der Waals surface area contributed by atoms with Crippen LogP contribution in [0.25, 0.3) is 22.3 Å². The first-order valence-electron chi connectivity index (χ1n) is 7.80. The Morgan fingerprint density at radius 2 is 2.08 bits per heavy atom. The number of aromatic amines is 1. The zero-order chi connectivity index (χ0) is 18.3. The molecule has 26 heavy (non-hydrogen) atoms. The number of ether oxygens (including phenoxy) is 1. The standard InChI is InChI=1S/C16H15N5O4S/c1-20-12-11(13(22)19-14(20)23)21(7-8-24-2)15(18-12)26-16-17-9-5-3-4-6-10(9)25-16/h3-6H,7-8H2,1-2H3,(H,19,22,23). The van der Waals surface area contributed by atoms with E-state index in [1.807, 2.05) is 24.3 Å². The number of aromatic nitrogens is 5. The molecule has 4 aromatic rings. The van der Waals surface area contributed by atoms with E-state index in [4.69, 9.17) is 9.15 Å². The molecule has 4 rings (SSSR count). The number of para-hydroxylation sites is 2. The minimum atomic E-state index is -0.516. The van der Waals surface area contributed by atoms with Crippen LogP contribution in [0.15, 0.2) is 48.7 Å². The molecule has 3 heterocycles. The highest BCUT2D eigenvalue weighted by molar-refractivity contribution is 7.99. The summed E-state index contributed by atoms with van der Waals surface area (Å²) in [5, 5.41) is 0.900. The molecule has 0 amide bonds. The van der Waals surface area contributed by atoms with Gasteiger partial charge in [0.2, 0.25) is 0 Å². The van der Waals surface area contributed by atoms with Crippen LogP contribution < -0.4 is 11.2 Å². The molecular formula is C16H15N5O4S. The van der Waals surface area contributed by atoms with Crippen LogP contribution in [0.1, 0.15) is 0 Å². The Morgan fingerprint density at radius 3 is 2.85 bits per heavy atom. The van der Waals surface area contributed by atoms with Crippen LogP contribution in [0.4, 0.5) is 0 Å². The van der Waals surface area contributed by atoms with Crippen molar-refractivity contribution in [1.82, 2.24) is 24.1 Å². The minimum absolute atomic E-state index is 0.300. The summed E-state index contributed by atoms with van der Waals surface area (Å²) >= 11 is 1.19. The molecule has 10 heteroatoms. The third-order valence-corrected chi connectivity index (χ3v) is 4.79. The fourth-order valence-corrected chi connectivity index (χ4v) is 3.51. The van der Waals surface area contributed by atoms with Gasteiger partial charge in [-0.3, -0.25) is 14.3 Å². The molecule has 0 atom stereocenters. The van der Waals surface area contributed by atoms with Crippen LogP contribution in [0.2, 0.25) is 0 Å². The lowest BCUT2D eigenvalue weighted by Gasteiger charge is -2.06. The fraction of sp³-hybridized carbons (Fsp3) is 0.250. The third-order valence-electron chi connectivity index (χ3n) is 3.94. The first-order valence-corrected chi connectivity index (χ1v) is 8.62. The van der Waals surface area contributed by atoms with E-state index >= 15 is 0 Å². The zero-order valence-electron chi connectivity index (χ0n) is 14.1. The summed E-state index contributed by atoms with van der Waals surface area (Å²) in [7, 11) is 3.13. The van der Waals surface area contributed by atoms with Gasteiger partial charge in [0.1, 0.15) is 5.52 Å². The predicted molar refractivity (Wildman–Crippen MR) is 95.6 cm³/mol. The monoisotopic (exact) mass is 373 g/mol. The number of aryl methyl sites for hydroxylation is 1. The predicted octanol–water partition coefficient (Wildman–Crippen LogP) is 1.36. The number of hydrogen-bond donors (Lipinski definition) is 1. The van der Waals surface area contributed by atoms with Crippen molar-refractivity contribution in [3.05, 3.63) is 45.1 Å². The fourth-order valence-electron chi connectivity index (χ4n) is 2.66. The Hall–Kier alpha value is -2.85. The number of oxazole rings is 1. The normalized spacial score (nSPS) is 11.6. The molecule has 0 bridgehead atoms. The maximum atomic E-state index is 12.3. The van der Waals surface area contributed by atoms with E-state index in [-0.39, 0.29) is 0 Å². The number of H-pyrrole nitrogens is 1. The van der Waals surface area contributed by atoms with Gasteiger partial charge in [0.15, 0.2) is 21.9 Å². The average Bonchev–Trinajstić information content (AvgIpc) is 3.19. The van der Waals surface area contributed by atoms with Gasteiger partial charge in [-0.1, -0.05) is 12.1 Å². The quantitative estimate of drug-likeness (QED) is 0.563. The van der Waals surface area contributed by atoms with Crippen molar-refractivity contribution < 1.29 is 9.15 Å². The van der Waals surface area contributed by atoms with E-state index in [2.05, 4.69) is 15.0 Å². The molecular weight excluding hydrogens is 358 g/mol. The molecule has 0 aliphatic rings. The van der Waals surface area contributed by atoms with Gasteiger partial charge in [0.25, 0.3) is 10.8 Å². The van der Waals surface area contributed by atoms with Crippen LogP contribution in [0.3, 0.4) is 0 Å². The van der Waals surface area contributed by atoms with E-state index in [0.717, 1.165) is 5.52 Å². The van der Waals surface area contributed by atoms with Crippen LogP contribution in [-0.4, -0.2) is 37.8 Å². The number of nitrogens with zero attached hydrogens (tertiary/aromatic N) is 4. The molecule has 0 aliphatic carbocycles. The van der Waals surface area contributed by atoms with Crippen LogP contribution in [0, 0.1) is 0 Å². The number of hydrogen-bond acceptors (Lipinski definition) is 7. The number of fused-ring (bicyclic) bond motifs is 2. The molecule has 0 saturated carbocycles. The lowest BCUT2D eigenvalue weighted by atomic mass is 10.3.